The van der Waals surface area contributed by atoms with Crippen LogP contribution in [0.25, 0.3) is 0 Å². The monoisotopic (exact) mass is 415 g/mol. The van der Waals surface area contributed by atoms with Crippen molar-refractivity contribution in [2.45, 2.75) is 0 Å². The van der Waals surface area contributed by atoms with Crippen LogP contribution < -0.4 is 15.5 Å². The minimum absolute atomic E-state index is 0. The molecule has 0 aliphatic carbocycles. The highest BCUT2D eigenvalue weighted by atomic mass is 79.9. The van der Waals surface area contributed by atoms with E-state index in [4.69, 9.17) is 4.42 Å². The highest BCUT2D eigenvalue weighted by Gasteiger charge is 2.21. The quantitative estimate of drug-likeness (QED) is 0.710. The van der Waals surface area contributed by atoms with Crippen molar-refractivity contribution in [1.82, 2.24) is 10.6 Å². The summed E-state index contributed by atoms with van der Waals surface area (Å²) in [5, 5.41) is 5.77. The highest BCUT2D eigenvalue weighted by Crippen LogP contribution is 2.23. The summed E-state index contributed by atoms with van der Waals surface area (Å²) in [6.45, 7) is 1.18. The molecule has 1 aromatic carbocycles. The first-order valence-corrected chi connectivity index (χ1v) is 7.89. The number of anilines is 1. The molecular formula is C16H19BrClN3O3. The molecule has 8 heteroatoms. The molecule has 2 rings (SSSR count). The van der Waals surface area contributed by atoms with E-state index in [0.29, 0.717) is 29.0 Å². The molecule has 1 aromatic heterocycles. The van der Waals surface area contributed by atoms with Crippen LogP contribution in [0.2, 0.25) is 0 Å². The summed E-state index contributed by atoms with van der Waals surface area (Å²) in [4.78, 5) is 26.2. The minimum Gasteiger partial charge on any atom is -0.444 e. The Balaban J connectivity index is 0.00000288. The van der Waals surface area contributed by atoms with Crippen molar-refractivity contribution < 1.29 is 14.0 Å². The van der Waals surface area contributed by atoms with E-state index in [2.05, 4.69) is 26.6 Å². The van der Waals surface area contributed by atoms with E-state index < -0.39 is 0 Å². The normalized spacial score (nSPS) is 9.96. The van der Waals surface area contributed by atoms with Gasteiger partial charge in [0.1, 0.15) is 0 Å². The van der Waals surface area contributed by atoms with Crippen molar-refractivity contribution in [3.63, 3.8) is 0 Å². The van der Waals surface area contributed by atoms with Crippen LogP contribution in [0, 0.1) is 0 Å². The number of rotatable bonds is 6. The van der Waals surface area contributed by atoms with Crippen LogP contribution >= 0.6 is 28.3 Å². The molecule has 2 aromatic rings. The summed E-state index contributed by atoms with van der Waals surface area (Å²) in [7, 11) is 3.42. The number of halogens is 2. The number of carbonyl (C=O) groups excluding carboxylic acids is 2. The average molecular weight is 417 g/mol. The van der Waals surface area contributed by atoms with Crippen molar-refractivity contribution >= 4 is 45.8 Å². The first kappa shape index (κ1) is 20.2. The Bertz CT molecular complexity index is 705. The molecule has 0 saturated carbocycles. The van der Waals surface area contributed by atoms with Gasteiger partial charge < -0.3 is 20.0 Å². The Morgan fingerprint density at radius 2 is 1.88 bits per heavy atom. The Hall–Kier alpha value is -1.83. The molecular weight excluding hydrogens is 398 g/mol. The first-order chi connectivity index (χ1) is 11.0. The van der Waals surface area contributed by atoms with Gasteiger partial charge in [-0.3, -0.25) is 9.59 Å². The lowest BCUT2D eigenvalue weighted by Crippen LogP contribution is -2.33. The number of para-hydroxylation sites is 1. The van der Waals surface area contributed by atoms with Gasteiger partial charge in [-0.25, -0.2) is 0 Å². The van der Waals surface area contributed by atoms with Crippen molar-refractivity contribution in [2.24, 2.45) is 0 Å². The lowest BCUT2D eigenvalue weighted by Gasteiger charge is -2.19. The van der Waals surface area contributed by atoms with Crippen LogP contribution in [-0.2, 0) is 0 Å². The van der Waals surface area contributed by atoms with Crippen LogP contribution in [0.15, 0.2) is 45.5 Å². The number of nitrogens with one attached hydrogen (secondary N) is 2. The van der Waals surface area contributed by atoms with E-state index >= 15 is 0 Å². The molecule has 24 heavy (non-hydrogen) atoms. The van der Waals surface area contributed by atoms with Crippen LogP contribution in [0.4, 0.5) is 5.69 Å². The molecule has 0 fully saturated rings. The Labute approximate surface area is 155 Å². The van der Waals surface area contributed by atoms with E-state index in [-0.39, 0.29) is 30.0 Å². The zero-order valence-corrected chi connectivity index (χ0v) is 15.7. The number of carbonyl (C=O) groups is 2. The lowest BCUT2D eigenvalue weighted by molar-refractivity contribution is 0.0954. The third kappa shape index (κ3) is 4.83. The summed E-state index contributed by atoms with van der Waals surface area (Å²) in [5.41, 5.74) is 0.956. The van der Waals surface area contributed by atoms with Gasteiger partial charge in [-0.05, 0) is 47.2 Å². The summed E-state index contributed by atoms with van der Waals surface area (Å²) in [6.07, 6.45) is 0. The molecule has 0 aliphatic rings. The fraction of sp³-hybridized carbons (Fsp3) is 0.250. The smallest absolute Gasteiger partial charge is 0.293 e. The first-order valence-electron chi connectivity index (χ1n) is 7.10. The van der Waals surface area contributed by atoms with Crippen LogP contribution in [0.5, 0.6) is 0 Å². The fourth-order valence-corrected chi connectivity index (χ4v) is 2.36. The second kappa shape index (κ2) is 9.46. The number of likely N-dealkylation sites (N-methyl/N-ethyl adjacent to an activating group) is 1. The largest absolute Gasteiger partial charge is 0.444 e. The van der Waals surface area contributed by atoms with Gasteiger partial charge in [0.15, 0.2) is 10.4 Å². The predicted octanol–water partition coefficient (Wildman–Crippen LogP) is 2.69. The van der Waals surface area contributed by atoms with Gasteiger partial charge in [-0.1, -0.05) is 12.1 Å². The Kier molecular flexibility index (Phi) is 7.97. The van der Waals surface area contributed by atoms with E-state index in [0.717, 1.165) is 0 Å². The number of amides is 2. The molecule has 130 valence electrons. The van der Waals surface area contributed by atoms with Gasteiger partial charge in [-0.2, -0.15) is 0 Å². The van der Waals surface area contributed by atoms with E-state index in [1.54, 1.807) is 43.4 Å². The van der Waals surface area contributed by atoms with Gasteiger partial charge in [0.2, 0.25) is 0 Å². The summed E-state index contributed by atoms with van der Waals surface area (Å²) in [6, 6.07) is 10.2. The van der Waals surface area contributed by atoms with Gasteiger partial charge in [0, 0.05) is 20.1 Å². The highest BCUT2D eigenvalue weighted by molar-refractivity contribution is 9.10. The molecule has 2 N–H and O–H groups in total. The van der Waals surface area contributed by atoms with Gasteiger partial charge in [0.25, 0.3) is 11.8 Å². The molecule has 0 atom stereocenters. The van der Waals surface area contributed by atoms with Crippen LogP contribution in [0.3, 0.4) is 0 Å². The molecule has 0 spiro atoms. The fourth-order valence-electron chi connectivity index (χ4n) is 2.06. The lowest BCUT2D eigenvalue weighted by atomic mass is 10.1. The van der Waals surface area contributed by atoms with E-state index in [1.807, 2.05) is 7.05 Å². The molecule has 6 nitrogen and oxygen atoms in total. The number of hydrogen-bond acceptors (Lipinski definition) is 4. The summed E-state index contributed by atoms with van der Waals surface area (Å²) < 4.78 is 5.76. The maximum absolute atomic E-state index is 12.5. The molecule has 2 amide bonds. The van der Waals surface area contributed by atoms with Gasteiger partial charge in [0.05, 0.1) is 11.3 Å². The zero-order valence-electron chi connectivity index (χ0n) is 13.3. The van der Waals surface area contributed by atoms with Crippen LogP contribution in [-0.4, -0.2) is 39.0 Å². The van der Waals surface area contributed by atoms with Crippen molar-refractivity contribution in [1.29, 1.82) is 0 Å². The predicted molar refractivity (Wildman–Crippen MR) is 99.1 cm³/mol. The number of benzene rings is 1. The van der Waals surface area contributed by atoms with Crippen LogP contribution in [0.1, 0.15) is 20.9 Å². The Morgan fingerprint density at radius 3 is 2.50 bits per heavy atom. The second-order valence-corrected chi connectivity index (χ2v) is 5.63. The van der Waals surface area contributed by atoms with Crippen molar-refractivity contribution in [3.05, 3.63) is 52.4 Å². The number of furan rings is 1. The molecule has 0 saturated heterocycles. The topological polar surface area (TPSA) is 74.6 Å². The molecule has 1 heterocycles. The SMILES string of the molecule is CNCCNC(=O)c1ccccc1N(C)C(=O)c1ccc(Br)o1.Cl. The number of nitrogens with zero attached hydrogens (tertiary/aromatic N) is 1. The standard InChI is InChI=1S/C16H18BrN3O3.ClH/c1-18-9-10-19-15(21)11-5-3-4-6-12(11)20(2)16(22)13-7-8-14(17)23-13;/h3-8,18H,9-10H2,1-2H3,(H,19,21);1H. The third-order valence-electron chi connectivity index (χ3n) is 3.26. The summed E-state index contributed by atoms with van der Waals surface area (Å²) in [5.74, 6) is -0.355. The van der Waals surface area contributed by atoms with E-state index in [1.165, 1.54) is 4.90 Å². The Morgan fingerprint density at radius 1 is 1.17 bits per heavy atom. The molecule has 0 radical (unpaired) electrons. The average Bonchev–Trinajstić information content (AvgIpc) is 3.00. The third-order valence-corrected chi connectivity index (χ3v) is 3.69. The number of hydrogen-bond donors (Lipinski definition) is 2. The molecule has 0 unspecified atom stereocenters. The van der Waals surface area contributed by atoms with Gasteiger partial charge >= 0.3 is 0 Å². The second-order valence-electron chi connectivity index (χ2n) is 4.84. The molecule has 0 bridgehead atoms. The zero-order chi connectivity index (χ0) is 16.8. The minimum atomic E-state index is -0.328. The van der Waals surface area contributed by atoms with Crippen molar-refractivity contribution in [3.8, 4) is 0 Å². The van der Waals surface area contributed by atoms with Gasteiger partial charge in [-0.15, -0.1) is 12.4 Å². The van der Waals surface area contributed by atoms with Crippen molar-refractivity contribution in [2.75, 3.05) is 32.1 Å². The molecule has 0 aliphatic heterocycles. The maximum Gasteiger partial charge on any atom is 0.293 e. The van der Waals surface area contributed by atoms with E-state index in [9.17, 15) is 9.59 Å². The summed E-state index contributed by atoms with van der Waals surface area (Å²) >= 11 is 3.17. The maximum atomic E-state index is 12.5.